The molecule has 1 unspecified atom stereocenters. The molecule has 4 heteroatoms. The average Bonchev–Trinajstić information content (AvgIpc) is 2.57. The van der Waals surface area contributed by atoms with Gasteiger partial charge in [-0.3, -0.25) is 4.90 Å². The molecule has 0 spiro atoms. The molecule has 1 aliphatic heterocycles. The van der Waals surface area contributed by atoms with E-state index in [0.717, 1.165) is 30.9 Å². The zero-order chi connectivity index (χ0) is 16.1. The van der Waals surface area contributed by atoms with Crippen molar-refractivity contribution in [1.82, 2.24) is 4.90 Å². The van der Waals surface area contributed by atoms with Crippen LogP contribution >= 0.6 is 22.6 Å². The molecule has 0 radical (unpaired) electrons. The summed E-state index contributed by atoms with van der Waals surface area (Å²) in [7, 11) is 5.69. The molecule has 4 rings (SSSR count). The highest BCUT2D eigenvalue weighted by molar-refractivity contribution is 14.1. The molecule has 1 aliphatic carbocycles. The molecule has 0 fully saturated rings. The van der Waals surface area contributed by atoms with Crippen LogP contribution in [0.3, 0.4) is 0 Å². The molecule has 23 heavy (non-hydrogen) atoms. The summed E-state index contributed by atoms with van der Waals surface area (Å²) in [6.45, 7) is 1.09. The second kappa shape index (κ2) is 5.67. The van der Waals surface area contributed by atoms with Crippen molar-refractivity contribution in [1.29, 1.82) is 0 Å². The minimum Gasteiger partial charge on any atom is -0.493 e. The fourth-order valence-corrected chi connectivity index (χ4v) is 4.51. The second-order valence-electron chi connectivity index (χ2n) is 6.31. The third kappa shape index (κ3) is 2.26. The molecule has 2 aliphatic rings. The molecule has 0 aromatic heterocycles. The van der Waals surface area contributed by atoms with Crippen LogP contribution in [0.2, 0.25) is 0 Å². The maximum Gasteiger partial charge on any atom is 0.168 e. The lowest BCUT2D eigenvalue weighted by Gasteiger charge is -2.40. The van der Waals surface area contributed by atoms with Gasteiger partial charge in [-0.15, -0.1) is 0 Å². The Morgan fingerprint density at radius 3 is 2.70 bits per heavy atom. The summed E-state index contributed by atoms with van der Waals surface area (Å²) in [5.41, 5.74) is 6.78. The van der Waals surface area contributed by atoms with Gasteiger partial charge < -0.3 is 9.47 Å². The summed E-state index contributed by atoms with van der Waals surface area (Å²) in [4.78, 5) is 2.47. The van der Waals surface area contributed by atoms with Crippen LogP contribution in [0.4, 0.5) is 0 Å². The van der Waals surface area contributed by atoms with E-state index in [1.165, 1.54) is 31.4 Å². The van der Waals surface area contributed by atoms with Crippen molar-refractivity contribution in [2.45, 2.75) is 18.9 Å². The largest absolute Gasteiger partial charge is 0.493 e. The first-order chi connectivity index (χ1) is 11.1. The number of benzene rings is 2. The molecular weight excluding hydrogens is 401 g/mol. The number of ether oxygens (including phenoxy) is 2. The highest BCUT2D eigenvalue weighted by Crippen LogP contribution is 2.52. The summed E-state index contributed by atoms with van der Waals surface area (Å²) < 4.78 is 12.7. The van der Waals surface area contributed by atoms with Crippen molar-refractivity contribution in [3.8, 4) is 22.6 Å². The molecule has 2 aromatic carbocycles. The zero-order valence-corrected chi connectivity index (χ0v) is 15.8. The predicted molar refractivity (Wildman–Crippen MR) is 100 cm³/mol. The Labute approximate surface area is 150 Å². The van der Waals surface area contributed by atoms with Crippen LogP contribution < -0.4 is 9.47 Å². The van der Waals surface area contributed by atoms with Gasteiger partial charge in [0, 0.05) is 21.7 Å². The Kier molecular flexibility index (Phi) is 3.76. The smallest absolute Gasteiger partial charge is 0.168 e. The molecule has 1 atom stereocenters. The van der Waals surface area contributed by atoms with Gasteiger partial charge in [-0.2, -0.15) is 0 Å². The first-order valence-electron chi connectivity index (χ1n) is 7.90. The van der Waals surface area contributed by atoms with E-state index in [1.807, 2.05) is 0 Å². The van der Waals surface area contributed by atoms with E-state index in [0.29, 0.717) is 6.04 Å². The van der Waals surface area contributed by atoms with Crippen molar-refractivity contribution in [3.05, 3.63) is 44.5 Å². The Morgan fingerprint density at radius 2 is 1.96 bits per heavy atom. The van der Waals surface area contributed by atoms with Crippen molar-refractivity contribution in [2.24, 2.45) is 0 Å². The molecule has 0 amide bonds. The number of methoxy groups -OCH3 is 2. The van der Waals surface area contributed by atoms with Crippen LogP contribution in [0, 0.1) is 3.57 Å². The summed E-state index contributed by atoms with van der Waals surface area (Å²) in [5.74, 6) is 1.71. The number of halogens is 1. The maximum absolute atomic E-state index is 5.79. The highest BCUT2D eigenvalue weighted by Gasteiger charge is 2.36. The van der Waals surface area contributed by atoms with E-state index in [2.05, 4.69) is 58.8 Å². The van der Waals surface area contributed by atoms with Gasteiger partial charge in [-0.25, -0.2) is 0 Å². The first kappa shape index (κ1) is 15.3. The second-order valence-corrected chi connectivity index (χ2v) is 7.56. The first-order valence-corrected chi connectivity index (χ1v) is 8.98. The Hall–Kier alpha value is -1.27. The fraction of sp³-hybridized carbons (Fsp3) is 0.368. The number of likely N-dealkylation sites (N-methyl/N-ethyl adjacent to an activating group) is 1. The molecule has 120 valence electrons. The van der Waals surface area contributed by atoms with Crippen LogP contribution in [-0.2, 0) is 12.8 Å². The van der Waals surface area contributed by atoms with Gasteiger partial charge in [-0.1, -0.05) is 6.07 Å². The van der Waals surface area contributed by atoms with Crippen LogP contribution in [0.5, 0.6) is 11.5 Å². The molecule has 0 saturated carbocycles. The van der Waals surface area contributed by atoms with Gasteiger partial charge >= 0.3 is 0 Å². The van der Waals surface area contributed by atoms with E-state index in [-0.39, 0.29) is 0 Å². The normalized spacial score (nSPS) is 19.0. The van der Waals surface area contributed by atoms with Gasteiger partial charge in [0.15, 0.2) is 11.5 Å². The van der Waals surface area contributed by atoms with Crippen LogP contribution in [0.15, 0.2) is 24.3 Å². The molecular formula is C19H20INO2. The van der Waals surface area contributed by atoms with E-state index >= 15 is 0 Å². The summed E-state index contributed by atoms with van der Waals surface area (Å²) in [6, 6.07) is 9.34. The number of rotatable bonds is 2. The van der Waals surface area contributed by atoms with Crippen LogP contribution in [0.25, 0.3) is 11.1 Å². The number of hydrogen-bond donors (Lipinski definition) is 0. The quantitative estimate of drug-likeness (QED) is 0.683. The lowest BCUT2D eigenvalue weighted by atomic mass is 9.76. The van der Waals surface area contributed by atoms with Gasteiger partial charge in [0.1, 0.15) is 0 Å². The number of fused-ring (bicyclic) bond motifs is 2. The van der Waals surface area contributed by atoms with Crippen LogP contribution in [-0.4, -0.2) is 32.7 Å². The molecule has 2 aromatic rings. The Balaban J connectivity index is 2.09. The molecule has 0 saturated heterocycles. The molecule has 0 N–H and O–H groups in total. The van der Waals surface area contributed by atoms with Gasteiger partial charge in [0.05, 0.1) is 14.2 Å². The standard InChI is InChI=1S/C19H20INO2/c1-21-7-6-12-9-16(22-2)19(23-3)18-14-10-13(20)5-4-11(14)8-15(21)17(12)18/h4-5,9-10,15H,6-8H2,1-3H3. The molecule has 3 nitrogen and oxygen atoms in total. The zero-order valence-electron chi connectivity index (χ0n) is 13.6. The minimum absolute atomic E-state index is 0.432. The van der Waals surface area contributed by atoms with Gasteiger partial charge in [-0.05, 0) is 82.9 Å². The third-order valence-corrected chi connectivity index (χ3v) is 5.82. The lowest BCUT2D eigenvalue weighted by molar-refractivity contribution is 0.226. The van der Waals surface area contributed by atoms with Crippen molar-refractivity contribution >= 4 is 22.6 Å². The third-order valence-electron chi connectivity index (χ3n) is 5.15. The monoisotopic (exact) mass is 421 g/mol. The van der Waals surface area contributed by atoms with Gasteiger partial charge in [0.25, 0.3) is 0 Å². The Morgan fingerprint density at radius 1 is 1.13 bits per heavy atom. The van der Waals surface area contributed by atoms with E-state index < -0.39 is 0 Å². The topological polar surface area (TPSA) is 21.7 Å². The summed E-state index contributed by atoms with van der Waals surface area (Å²) >= 11 is 2.39. The van der Waals surface area contributed by atoms with Crippen molar-refractivity contribution in [3.63, 3.8) is 0 Å². The number of nitrogens with zero attached hydrogens (tertiary/aromatic N) is 1. The summed E-state index contributed by atoms with van der Waals surface area (Å²) in [5, 5.41) is 0. The fourth-order valence-electron chi connectivity index (χ4n) is 4.02. The lowest BCUT2D eigenvalue weighted by Crippen LogP contribution is -2.35. The SMILES string of the molecule is COc1cc2c3c(c1OC)-c1cc(I)ccc1CC3N(C)CC2. The molecule has 1 heterocycles. The van der Waals surface area contributed by atoms with E-state index in [9.17, 15) is 0 Å². The van der Waals surface area contributed by atoms with E-state index in [4.69, 9.17) is 9.47 Å². The van der Waals surface area contributed by atoms with Crippen LogP contribution in [0.1, 0.15) is 22.7 Å². The van der Waals surface area contributed by atoms with Crippen molar-refractivity contribution < 1.29 is 9.47 Å². The number of hydrogen-bond acceptors (Lipinski definition) is 3. The van der Waals surface area contributed by atoms with Gasteiger partial charge in [0.2, 0.25) is 0 Å². The predicted octanol–water partition coefficient (Wildman–Crippen LogP) is 4.06. The summed E-state index contributed by atoms with van der Waals surface area (Å²) in [6.07, 6.45) is 2.13. The highest BCUT2D eigenvalue weighted by atomic mass is 127. The van der Waals surface area contributed by atoms with Crippen molar-refractivity contribution in [2.75, 3.05) is 27.8 Å². The maximum atomic E-state index is 5.79. The molecule has 0 bridgehead atoms. The minimum atomic E-state index is 0.432. The average molecular weight is 421 g/mol. The van der Waals surface area contributed by atoms with E-state index in [1.54, 1.807) is 14.2 Å². The Bertz CT molecular complexity index is 787.